The average molecular weight is 367 g/mol. The van der Waals surface area contributed by atoms with Crippen molar-refractivity contribution in [1.29, 1.82) is 0 Å². The molecule has 1 amide bonds. The molecule has 25 heavy (non-hydrogen) atoms. The van der Waals surface area contributed by atoms with Crippen molar-refractivity contribution in [3.05, 3.63) is 35.9 Å². The number of quaternary nitrogens is 1. The molecule has 138 valence electrons. The van der Waals surface area contributed by atoms with Crippen molar-refractivity contribution in [3.63, 3.8) is 0 Å². The fraction of sp³-hybridized carbons (Fsp3) is 0.611. The van der Waals surface area contributed by atoms with Gasteiger partial charge in [-0.3, -0.25) is 4.79 Å². The highest BCUT2D eigenvalue weighted by atomic mass is 32.2. The lowest BCUT2D eigenvalue weighted by molar-refractivity contribution is -0.895. The lowest BCUT2D eigenvalue weighted by atomic mass is 10.2. The fourth-order valence-corrected chi connectivity index (χ4v) is 4.91. The van der Waals surface area contributed by atoms with Gasteiger partial charge in [0.1, 0.15) is 0 Å². The van der Waals surface area contributed by atoms with Gasteiger partial charge in [-0.15, -0.1) is 0 Å². The number of amides is 1. The third-order valence-electron chi connectivity index (χ3n) is 5.14. The first-order valence-corrected chi connectivity index (χ1v) is 10.7. The van der Waals surface area contributed by atoms with Crippen LogP contribution in [0, 0.1) is 5.92 Å². The first kappa shape index (κ1) is 18.4. The topological polar surface area (TPSA) is 70.9 Å². The largest absolute Gasteiger partial charge is 0.348 e. The lowest BCUT2D eigenvalue weighted by Crippen LogP contribution is -3.15. The zero-order valence-electron chi connectivity index (χ0n) is 14.8. The molecule has 1 atom stereocenters. The van der Waals surface area contributed by atoms with Gasteiger partial charge in [0, 0.05) is 6.04 Å². The SMILES string of the molecule is C[C@@H](NC(=O)C[NH+]1CCN(S(=O)(=O)Cc2ccccc2)CC1)C1CC1. The normalized spacial score (nSPS) is 21.0. The van der Waals surface area contributed by atoms with E-state index >= 15 is 0 Å². The number of hydrogen-bond donors (Lipinski definition) is 2. The molecular formula is C18H28N3O3S+. The van der Waals surface area contributed by atoms with Crippen LogP contribution in [-0.4, -0.2) is 57.4 Å². The molecule has 2 aliphatic rings. The summed E-state index contributed by atoms with van der Waals surface area (Å²) in [6, 6.07) is 9.53. The molecule has 1 saturated heterocycles. The second-order valence-corrected chi connectivity index (χ2v) is 9.23. The van der Waals surface area contributed by atoms with Crippen LogP contribution < -0.4 is 10.2 Å². The summed E-state index contributed by atoms with van der Waals surface area (Å²) >= 11 is 0. The van der Waals surface area contributed by atoms with E-state index in [2.05, 4.69) is 12.2 Å². The van der Waals surface area contributed by atoms with E-state index in [1.807, 2.05) is 30.3 Å². The number of nitrogens with one attached hydrogen (secondary N) is 2. The summed E-state index contributed by atoms with van der Waals surface area (Å²) in [5, 5.41) is 3.07. The number of carbonyl (C=O) groups is 1. The monoisotopic (exact) mass is 366 g/mol. The van der Waals surface area contributed by atoms with Crippen LogP contribution in [0.15, 0.2) is 30.3 Å². The molecule has 1 aromatic carbocycles. The molecule has 1 aliphatic heterocycles. The Morgan fingerprint density at radius 3 is 2.48 bits per heavy atom. The third-order valence-corrected chi connectivity index (χ3v) is 6.99. The standard InChI is InChI=1S/C18H27N3O3S/c1-15(17-7-8-17)19-18(22)13-20-9-11-21(12-10-20)25(23,24)14-16-5-3-2-4-6-16/h2-6,15,17H,7-14H2,1H3,(H,19,22)/p+1/t15-/m1/s1. The summed E-state index contributed by atoms with van der Waals surface area (Å²) in [6.45, 7) is 4.83. The highest BCUT2D eigenvalue weighted by molar-refractivity contribution is 7.88. The number of hydrogen-bond acceptors (Lipinski definition) is 3. The van der Waals surface area contributed by atoms with E-state index in [9.17, 15) is 13.2 Å². The molecule has 2 fully saturated rings. The van der Waals surface area contributed by atoms with Crippen LogP contribution >= 0.6 is 0 Å². The van der Waals surface area contributed by atoms with Crippen molar-refractivity contribution in [1.82, 2.24) is 9.62 Å². The molecule has 1 saturated carbocycles. The summed E-state index contributed by atoms with van der Waals surface area (Å²) in [6.07, 6.45) is 2.43. The van der Waals surface area contributed by atoms with Crippen LogP contribution in [-0.2, 0) is 20.6 Å². The predicted octanol–water partition coefficient (Wildman–Crippen LogP) is -0.368. The smallest absolute Gasteiger partial charge is 0.275 e. The van der Waals surface area contributed by atoms with E-state index in [0.717, 1.165) is 10.5 Å². The van der Waals surface area contributed by atoms with Crippen LogP contribution in [0.25, 0.3) is 0 Å². The molecule has 6 nitrogen and oxygen atoms in total. The number of carbonyl (C=O) groups excluding carboxylic acids is 1. The Bertz CT molecular complexity index is 681. The van der Waals surface area contributed by atoms with Crippen molar-refractivity contribution in [2.45, 2.75) is 31.6 Å². The molecule has 0 unspecified atom stereocenters. The number of benzene rings is 1. The number of nitrogens with zero attached hydrogens (tertiary/aromatic N) is 1. The first-order valence-electron chi connectivity index (χ1n) is 9.09. The number of piperazine rings is 1. The summed E-state index contributed by atoms with van der Waals surface area (Å²) in [4.78, 5) is 13.3. The summed E-state index contributed by atoms with van der Waals surface area (Å²) in [5.74, 6) is 0.775. The Labute approximate surface area is 150 Å². The van der Waals surface area contributed by atoms with Gasteiger partial charge in [-0.1, -0.05) is 30.3 Å². The van der Waals surface area contributed by atoms with E-state index in [1.165, 1.54) is 12.8 Å². The predicted molar refractivity (Wildman–Crippen MR) is 96.5 cm³/mol. The van der Waals surface area contributed by atoms with Gasteiger partial charge in [-0.2, -0.15) is 4.31 Å². The highest BCUT2D eigenvalue weighted by Crippen LogP contribution is 2.32. The quantitative estimate of drug-likeness (QED) is 0.692. The first-order chi connectivity index (χ1) is 11.9. The summed E-state index contributed by atoms with van der Waals surface area (Å²) in [7, 11) is -3.29. The maximum atomic E-state index is 12.5. The Hall–Kier alpha value is -1.44. The van der Waals surface area contributed by atoms with Gasteiger partial charge in [-0.25, -0.2) is 8.42 Å². The van der Waals surface area contributed by atoms with Gasteiger partial charge in [0.25, 0.3) is 5.91 Å². The average Bonchev–Trinajstić information content (AvgIpc) is 3.40. The van der Waals surface area contributed by atoms with Crippen LogP contribution in [0.4, 0.5) is 0 Å². The van der Waals surface area contributed by atoms with Gasteiger partial charge in [0.05, 0.1) is 31.9 Å². The second-order valence-electron chi connectivity index (χ2n) is 7.26. The van der Waals surface area contributed by atoms with Crippen LogP contribution in [0.1, 0.15) is 25.3 Å². The fourth-order valence-electron chi connectivity index (χ4n) is 3.38. The molecule has 0 spiro atoms. The van der Waals surface area contributed by atoms with Gasteiger partial charge in [0.2, 0.25) is 10.0 Å². The van der Waals surface area contributed by atoms with Gasteiger partial charge in [0.15, 0.2) is 6.54 Å². The number of rotatable bonds is 7. The molecular weight excluding hydrogens is 338 g/mol. The minimum atomic E-state index is -3.29. The molecule has 1 aliphatic carbocycles. The van der Waals surface area contributed by atoms with Crippen LogP contribution in [0.5, 0.6) is 0 Å². The van der Waals surface area contributed by atoms with Crippen LogP contribution in [0.3, 0.4) is 0 Å². The Kier molecular flexibility index (Phi) is 5.76. The zero-order valence-corrected chi connectivity index (χ0v) is 15.6. The minimum Gasteiger partial charge on any atom is -0.348 e. The van der Waals surface area contributed by atoms with Gasteiger partial charge in [-0.05, 0) is 31.2 Å². The summed E-state index contributed by atoms with van der Waals surface area (Å²) < 4.78 is 26.7. The number of sulfonamides is 1. The van der Waals surface area contributed by atoms with Gasteiger partial charge < -0.3 is 10.2 Å². The molecule has 0 aromatic heterocycles. The maximum absolute atomic E-state index is 12.5. The van der Waals surface area contributed by atoms with Gasteiger partial charge >= 0.3 is 0 Å². The second kappa shape index (κ2) is 7.85. The van der Waals surface area contributed by atoms with Crippen molar-refractivity contribution >= 4 is 15.9 Å². The third kappa shape index (κ3) is 5.26. The molecule has 0 radical (unpaired) electrons. The molecule has 2 N–H and O–H groups in total. The van der Waals surface area contributed by atoms with Crippen molar-refractivity contribution in [2.24, 2.45) is 5.92 Å². The maximum Gasteiger partial charge on any atom is 0.275 e. The van der Waals surface area contributed by atoms with Crippen LogP contribution in [0.2, 0.25) is 0 Å². The molecule has 1 heterocycles. The van der Waals surface area contributed by atoms with Crippen molar-refractivity contribution < 1.29 is 18.1 Å². The van der Waals surface area contributed by atoms with E-state index in [0.29, 0.717) is 38.6 Å². The minimum absolute atomic E-state index is 0.0442. The van der Waals surface area contributed by atoms with E-state index in [1.54, 1.807) is 4.31 Å². The zero-order chi connectivity index (χ0) is 17.9. The lowest BCUT2D eigenvalue weighted by Gasteiger charge is -2.31. The van der Waals surface area contributed by atoms with E-state index < -0.39 is 10.0 Å². The van der Waals surface area contributed by atoms with Crippen molar-refractivity contribution in [3.8, 4) is 0 Å². The molecule has 1 aromatic rings. The Morgan fingerprint density at radius 1 is 1.24 bits per heavy atom. The Balaban J connectivity index is 1.45. The highest BCUT2D eigenvalue weighted by Gasteiger charge is 2.32. The van der Waals surface area contributed by atoms with E-state index in [-0.39, 0.29) is 17.7 Å². The summed E-state index contributed by atoms with van der Waals surface area (Å²) in [5.41, 5.74) is 0.811. The van der Waals surface area contributed by atoms with E-state index in [4.69, 9.17) is 0 Å². The molecule has 3 rings (SSSR count). The molecule has 0 bridgehead atoms. The molecule has 7 heteroatoms. The Morgan fingerprint density at radius 2 is 1.88 bits per heavy atom. The van der Waals surface area contributed by atoms with Crippen molar-refractivity contribution in [2.75, 3.05) is 32.7 Å².